The summed E-state index contributed by atoms with van der Waals surface area (Å²) in [6, 6.07) is 8.53. The second kappa shape index (κ2) is 7.91. The van der Waals surface area contributed by atoms with Crippen molar-refractivity contribution in [1.29, 1.82) is 5.26 Å². The third kappa shape index (κ3) is 4.86. The van der Waals surface area contributed by atoms with E-state index in [9.17, 15) is 5.26 Å². The molecule has 0 aliphatic heterocycles. The van der Waals surface area contributed by atoms with Gasteiger partial charge in [0, 0.05) is 0 Å². The van der Waals surface area contributed by atoms with E-state index in [-0.39, 0.29) is 0 Å². The smallest absolute Gasteiger partial charge is 0.125 e. The quantitative estimate of drug-likeness (QED) is 0.734. The normalized spacial score (nSPS) is 13.6. The van der Waals surface area contributed by atoms with Crippen molar-refractivity contribution in [2.45, 2.75) is 52.5 Å². The summed E-state index contributed by atoms with van der Waals surface area (Å²) in [5.74, 6) is 0.979. The summed E-state index contributed by atoms with van der Waals surface area (Å²) in [6.45, 7) is 9.71. The number of para-hydroxylation sites is 1. The molecule has 1 atom stereocenters. The molecule has 0 radical (unpaired) electrons. The number of benzene rings is 1. The fourth-order valence-electron chi connectivity index (χ4n) is 2.21. The Hall–Kier alpha value is -1.53. The van der Waals surface area contributed by atoms with Crippen LogP contribution in [0, 0.1) is 25.2 Å². The molecule has 0 aromatic heterocycles. The monoisotopic (exact) mass is 274 g/mol. The highest BCUT2D eigenvalue weighted by Crippen LogP contribution is 2.23. The summed E-state index contributed by atoms with van der Waals surface area (Å²) in [7, 11) is 0. The van der Waals surface area contributed by atoms with E-state index < -0.39 is 5.54 Å². The highest BCUT2D eigenvalue weighted by Gasteiger charge is 2.21. The zero-order valence-electron chi connectivity index (χ0n) is 13.1. The van der Waals surface area contributed by atoms with Crippen LogP contribution in [0.25, 0.3) is 0 Å². The molecule has 0 bridgehead atoms. The molecular formula is C17H26N2O. The van der Waals surface area contributed by atoms with E-state index in [0.717, 1.165) is 42.7 Å². The summed E-state index contributed by atoms with van der Waals surface area (Å²) in [5, 5.41) is 12.6. The van der Waals surface area contributed by atoms with Crippen LogP contribution >= 0.6 is 0 Å². The predicted molar refractivity (Wildman–Crippen MR) is 83.0 cm³/mol. The number of aryl methyl sites for hydroxylation is 2. The molecule has 0 spiro atoms. The van der Waals surface area contributed by atoms with E-state index in [2.05, 4.69) is 44.3 Å². The highest BCUT2D eigenvalue weighted by molar-refractivity contribution is 5.39. The Morgan fingerprint density at radius 3 is 2.50 bits per heavy atom. The van der Waals surface area contributed by atoms with Gasteiger partial charge in [-0.25, -0.2) is 0 Å². The van der Waals surface area contributed by atoms with Crippen LogP contribution < -0.4 is 10.1 Å². The molecule has 0 fully saturated rings. The number of rotatable bonds is 8. The first kappa shape index (κ1) is 16.5. The summed E-state index contributed by atoms with van der Waals surface area (Å²) < 4.78 is 5.87. The molecule has 20 heavy (non-hydrogen) atoms. The fourth-order valence-corrected chi connectivity index (χ4v) is 2.21. The number of nitrogens with zero attached hydrogens (tertiary/aromatic N) is 1. The van der Waals surface area contributed by atoms with Gasteiger partial charge in [-0.2, -0.15) is 5.26 Å². The van der Waals surface area contributed by atoms with E-state index >= 15 is 0 Å². The predicted octanol–water partition coefficient (Wildman–Crippen LogP) is 3.74. The molecule has 1 unspecified atom stereocenters. The Balaban J connectivity index is 2.43. The average molecular weight is 274 g/mol. The summed E-state index contributed by atoms with van der Waals surface area (Å²) in [4.78, 5) is 0. The van der Waals surface area contributed by atoms with Crippen molar-refractivity contribution in [3.63, 3.8) is 0 Å². The van der Waals surface area contributed by atoms with E-state index in [0.29, 0.717) is 6.61 Å². The Kier molecular flexibility index (Phi) is 6.54. The zero-order valence-corrected chi connectivity index (χ0v) is 13.1. The minimum absolute atomic E-state index is 0.444. The molecule has 0 amide bonds. The van der Waals surface area contributed by atoms with Crippen molar-refractivity contribution in [2.24, 2.45) is 0 Å². The van der Waals surface area contributed by atoms with Gasteiger partial charge in [-0.05, 0) is 57.7 Å². The first-order valence-corrected chi connectivity index (χ1v) is 7.37. The standard InChI is InChI=1S/C17H26N2O/c1-5-11-19-17(4,13-18)10-7-12-20-16-14(2)8-6-9-15(16)3/h6,8-9,19H,5,7,10-12H2,1-4H3. The molecule has 0 heterocycles. The molecule has 0 saturated heterocycles. The van der Waals surface area contributed by atoms with E-state index in [1.165, 1.54) is 0 Å². The molecular weight excluding hydrogens is 248 g/mol. The van der Waals surface area contributed by atoms with Gasteiger partial charge in [0.2, 0.25) is 0 Å². The molecule has 0 aliphatic carbocycles. The van der Waals surface area contributed by atoms with Crippen LogP contribution in [0.4, 0.5) is 0 Å². The largest absolute Gasteiger partial charge is 0.493 e. The van der Waals surface area contributed by atoms with Gasteiger partial charge < -0.3 is 4.74 Å². The van der Waals surface area contributed by atoms with Crippen LogP contribution in [0.2, 0.25) is 0 Å². The van der Waals surface area contributed by atoms with Crippen LogP contribution in [0.3, 0.4) is 0 Å². The van der Waals surface area contributed by atoms with Crippen molar-refractivity contribution >= 4 is 0 Å². The van der Waals surface area contributed by atoms with Crippen LogP contribution in [0.1, 0.15) is 44.2 Å². The lowest BCUT2D eigenvalue weighted by atomic mass is 9.98. The lowest BCUT2D eigenvalue weighted by molar-refractivity contribution is 0.282. The van der Waals surface area contributed by atoms with Gasteiger partial charge in [0.15, 0.2) is 0 Å². The number of nitriles is 1. The summed E-state index contributed by atoms with van der Waals surface area (Å²) >= 11 is 0. The Labute approximate surface area is 123 Å². The van der Waals surface area contributed by atoms with Crippen LogP contribution in [-0.2, 0) is 0 Å². The maximum Gasteiger partial charge on any atom is 0.125 e. The van der Waals surface area contributed by atoms with E-state index in [1.54, 1.807) is 0 Å². The van der Waals surface area contributed by atoms with Gasteiger partial charge in [0.05, 0.1) is 12.7 Å². The van der Waals surface area contributed by atoms with Gasteiger partial charge in [-0.1, -0.05) is 25.1 Å². The molecule has 3 nitrogen and oxygen atoms in total. The number of hydrogen-bond donors (Lipinski definition) is 1. The summed E-state index contributed by atoms with van der Waals surface area (Å²) in [5.41, 5.74) is 1.88. The third-order valence-corrected chi connectivity index (χ3v) is 3.49. The van der Waals surface area contributed by atoms with Crippen molar-refractivity contribution in [3.05, 3.63) is 29.3 Å². The fraction of sp³-hybridized carbons (Fsp3) is 0.588. The molecule has 1 N–H and O–H groups in total. The molecule has 3 heteroatoms. The van der Waals surface area contributed by atoms with Gasteiger partial charge in [-0.15, -0.1) is 0 Å². The molecule has 1 aromatic rings. The van der Waals surface area contributed by atoms with E-state index in [4.69, 9.17) is 4.74 Å². The van der Waals surface area contributed by atoms with Gasteiger partial charge in [-0.3, -0.25) is 5.32 Å². The molecule has 1 aromatic carbocycles. The van der Waals surface area contributed by atoms with Crippen molar-refractivity contribution in [1.82, 2.24) is 5.32 Å². The third-order valence-electron chi connectivity index (χ3n) is 3.49. The molecule has 0 saturated carbocycles. The molecule has 110 valence electrons. The number of ether oxygens (including phenoxy) is 1. The minimum Gasteiger partial charge on any atom is -0.493 e. The number of nitrogens with one attached hydrogen (secondary N) is 1. The van der Waals surface area contributed by atoms with Crippen molar-refractivity contribution < 1.29 is 4.74 Å². The molecule has 1 rings (SSSR count). The second-order valence-electron chi connectivity index (χ2n) is 5.54. The van der Waals surface area contributed by atoms with Gasteiger partial charge in [0.25, 0.3) is 0 Å². The lowest BCUT2D eigenvalue weighted by Crippen LogP contribution is -2.41. The number of hydrogen-bond acceptors (Lipinski definition) is 3. The first-order chi connectivity index (χ1) is 9.52. The minimum atomic E-state index is -0.444. The van der Waals surface area contributed by atoms with Crippen molar-refractivity contribution in [3.8, 4) is 11.8 Å². The van der Waals surface area contributed by atoms with Crippen molar-refractivity contribution in [2.75, 3.05) is 13.2 Å². The van der Waals surface area contributed by atoms with Crippen LogP contribution in [0.15, 0.2) is 18.2 Å². The lowest BCUT2D eigenvalue weighted by Gasteiger charge is -2.23. The SMILES string of the molecule is CCCNC(C)(C#N)CCCOc1c(C)cccc1C. The average Bonchev–Trinajstić information content (AvgIpc) is 2.44. The van der Waals surface area contributed by atoms with Gasteiger partial charge >= 0.3 is 0 Å². The maximum atomic E-state index is 9.26. The Morgan fingerprint density at radius 2 is 1.95 bits per heavy atom. The van der Waals surface area contributed by atoms with Crippen LogP contribution in [-0.4, -0.2) is 18.7 Å². The Bertz CT molecular complexity index is 444. The van der Waals surface area contributed by atoms with E-state index in [1.807, 2.05) is 13.0 Å². The van der Waals surface area contributed by atoms with Crippen LogP contribution in [0.5, 0.6) is 5.75 Å². The summed E-state index contributed by atoms with van der Waals surface area (Å²) in [6.07, 6.45) is 2.71. The highest BCUT2D eigenvalue weighted by atomic mass is 16.5. The topological polar surface area (TPSA) is 45.0 Å². The zero-order chi connectivity index (χ0) is 15.0. The first-order valence-electron chi connectivity index (χ1n) is 7.37. The molecule has 0 aliphatic rings. The van der Waals surface area contributed by atoms with Gasteiger partial charge in [0.1, 0.15) is 11.3 Å². The maximum absolute atomic E-state index is 9.26. The second-order valence-corrected chi connectivity index (χ2v) is 5.54. The Morgan fingerprint density at radius 1 is 1.30 bits per heavy atom.